The van der Waals surface area contributed by atoms with Crippen molar-refractivity contribution in [2.75, 3.05) is 23.3 Å². The van der Waals surface area contributed by atoms with Crippen molar-refractivity contribution in [3.63, 3.8) is 0 Å². The van der Waals surface area contributed by atoms with E-state index in [0.29, 0.717) is 0 Å². The number of rotatable bonds is 6. The fourth-order valence-corrected chi connectivity index (χ4v) is 3.10. The van der Waals surface area contributed by atoms with Crippen LogP contribution in [-0.2, 0) is 6.42 Å². The van der Waals surface area contributed by atoms with E-state index in [1.165, 1.54) is 30.5 Å². The third-order valence-corrected chi connectivity index (χ3v) is 4.28. The van der Waals surface area contributed by atoms with Gasteiger partial charge in [0.25, 0.3) is 0 Å². The van der Waals surface area contributed by atoms with E-state index in [1.807, 2.05) is 13.0 Å². The molecule has 0 saturated carbocycles. The van der Waals surface area contributed by atoms with Crippen molar-refractivity contribution >= 4 is 17.5 Å². The summed E-state index contributed by atoms with van der Waals surface area (Å²) in [5.74, 6) is 1.75. The van der Waals surface area contributed by atoms with Gasteiger partial charge in [0, 0.05) is 30.5 Å². The van der Waals surface area contributed by atoms with E-state index in [4.69, 9.17) is 4.98 Å². The van der Waals surface area contributed by atoms with E-state index in [-0.39, 0.29) is 0 Å². The zero-order valence-corrected chi connectivity index (χ0v) is 14.2. The van der Waals surface area contributed by atoms with Crippen LogP contribution in [0.3, 0.4) is 0 Å². The highest BCUT2D eigenvalue weighted by atomic mass is 15.3. The monoisotopic (exact) mass is 310 g/mol. The summed E-state index contributed by atoms with van der Waals surface area (Å²) in [4.78, 5) is 11.7. The lowest BCUT2D eigenvalue weighted by Crippen LogP contribution is -2.26. The molecule has 1 aromatic carbocycles. The molecule has 0 saturated heterocycles. The second kappa shape index (κ2) is 7.44. The van der Waals surface area contributed by atoms with Gasteiger partial charge in [0.15, 0.2) is 0 Å². The minimum absolute atomic E-state index is 0.815. The predicted molar refractivity (Wildman–Crippen MR) is 96.6 cm³/mol. The lowest BCUT2D eigenvalue weighted by molar-refractivity contribution is 0.737. The molecule has 0 radical (unpaired) electrons. The lowest BCUT2D eigenvalue weighted by Gasteiger charge is -2.29. The fourth-order valence-electron chi connectivity index (χ4n) is 3.10. The van der Waals surface area contributed by atoms with E-state index in [9.17, 15) is 0 Å². The van der Waals surface area contributed by atoms with E-state index in [1.54, 1.807) is 0 Å². The van der Waals surface area contributed by atoms with Gasteiger partial charge in [-0.2, -0.15) is 4.98 Å². The Hall–Kier alpha value is -2.10. The summed E-state index contributed by atoms with van der Waals surface area (Å²) in [6, 6.07) is 10.6. The number of hydrogen-bond donors (Lipinski definition) is 1. The minimum Gasteiger partial charge on any atom is -0.370 e. The number of nitrogens with zero attached hydrogens (tertiary/aromatic N) is 3. The lowest BCUT2D eigenvalue weighted by atomic mass is 10.0. The highest BCUT2D eigenvalue weighted by molar-refractivity contribution is 5.64. The normalized spacial score (nSPS) is 13.7. The molecule has 2 aromatic rings. The van der Waals surface area contributed by atoms with E-state index < -0.39 is 0 Å². The number of para-hydroxylation sites is 1. The second-order valence-corrected chi connectivity index (χ2v) is 6.21. The van der Waals surface area contributed by atoms with Gasteiger partial charge in [0.05, 0.1) is 0 Å². The van der Waals surface area contributed by atoms with Crippen LogP contribution in [0.5, 0.6) is 0 Å². The maximum absolute atomic E-state index is 4.76. The Kier molecular flexibility index (Phi) is 5.11. The Bertz CT molecular complexity index is 654. The van der Waals surface area contributed by atoms with Gasteiger partial charge in [-0.1, -0.05) is 38.0 Å². The summed E-state index contributed by atoms with van der Waals surface area (Å²) >= 11 is 0. The van der Waals surface area contributed by atoms with Crippen LogP contribution in [0.4, 0.5) is 17.5 Å². The first-order valence-electron chi connectivity index (χ1n) is 8.73. The molecule has 1 aromatic heterocycles. The number of hydrogen-bond acceptors (Lipinski definition) is 4. The average molecular weight is 310 g/mol. The number of anilines is 3. The molecule has 0 fully saturated rings. The molecule has 0 atom stereocenters. The molecular formula is C19H26N4. The zero-order chi connectivity index (χ0) is 16.1. The summed E-state index contributed by atoms with van der Waals surface area (Å²) in [5.41, 5.74) is 3.65. The number of aryl methyl sites for hydroxylation is 2. The van der Waals surface area contributed by atoms with Gasteiger partial charge in [-0.15, -0.1) is 0 Å². The summed E-state index contributed by atoms with van der Waals surface area (Å²) in [7, 11) is 0. The quantitative estimate of drug-likeness (QED) is 0.799. The van der Waals surface area contributed by atoms with Crippen molar-refractivity contribution in [3.8, 4) is 0 Å². The molecule has 4 heteroatoms. The molecule has 2 heterocycles. The summed E-state index contributed by atoms with van der Waals surface area (Å²) in [5, 5.41) is 3.45. The number of nitrogens with one attached hydrogen (secondary N) is 1. The average Bonchev–Trinajstić information content (AvgIpc) is 2.58. The molecule has 3 rings (SSSR count). The van der Waals surface area contributed by atoms with Gasteiger partial charge in [-0.25, -0.2) is 4.98 Å². The zero-order valence-electron chi connectivity index (χ0n) is 14.2. The fraction of sp³-hybridized carbons (Fsp3) is 0.474. The van der Waals surface area contributed by atoms with Gasteiger partial charge in [-0.05, 0) is 37.8 Å². The largest absolute Gasteiger partial charge is 0.370 e. The standard InChI is InChI=1S/C19H26N4/c1-3-4-7-12-20-18-14-15(2)21-19(22-18)23-13-8-10-16-9-5-6-11-17(16)23/h5-6,9,11,14H,3-4,7-8,10,12-13H2,1-2H3,(H,20,21,22). The maximum atomic E-state index is 4.76. The minimum atomic E-state index is 0.815. The van der Waals surface area contributed by atoms with E-state index >= 15 is 0 Å². The molecular weight excluding hydrogens is 284 g/mol. The molecule has 0 bridgehead atoms. The first-order chi connectivity index (χ1) is 11.3. The molecule has 0 amide bonds. The Morgan fingerprint density at radius 3 is 2.91 bits per heavy atom. The van der Waals surface area contributed by atoms with Crippen LogP contribution in [0.1, 0.15) is 43.9 Å². The second-order valence-electron chi connectivity index (χ2n) is 6.21. The Labute approximate surface area is 139 Å². The number of fused-ring (bicyclic) bond motifs is 1. The van der Waals surface area contributed by atoms with Crippen molar-refractivity contribution in [3.05, 3.63) is 41.6 Å². The predicted octanol–water partition coefficient (Wildman–Crippen LogP) is 4.47. The van der Waals surface area contributed by atoms with Crippen LogP contribution >= 0.6 is 0 Å². The van der Waals surface area contributed by atoms with Crippen LogP contribution in [0.25, 0.3) is 0 Å². The van der Waals surface area contributed by atoms with Crippen molar-refractivity contribution in [2.24, 2.45) is 0 Å². The van der Waals surface area contributed by atoms with Crippen molar-refractivity contribution < 1.29 is 0 Å². The van der Waals surface area contributed by atoms with Crippen LogP contribution in [0, 0.1) is 6.92 Å². The molecule has 23 heavy (non-hydrogen) atoms. The molecule has 1 aliphatic rings. The van der Waals surface area contributed by atoms with E-state index in [2.05, 4.69) is 46.4 Å². The van der Waals surface area contributed by atoms with Crippen LogP contribution in [-0.4, -0.2) is 23.1 Å². The third kappa shape index (κ3) is 3.81. The topological polar surface area (TPSA) is 41.1 Å². The Morgan fingerprint density at radius 2 is 2.04 bits per heavy atom. The molecule has 0 aliphatic carbocycles. The van der Waals surface area contributed by atoms with Crippen molar-refractivity contribution in [2.45, 2.75) is 46.0 Å². The third-order valence-electron chi connectivity index (χ3n) is 4.28. The smallest absolute Gasteiger partial charge is 0.232 e. The first kappa shape index (κ1) is 15.8. The molecule has 1 N–H and O–H groups in total. The maximum Gasteiger partial charge on any atom is 0.232 e. The highest BCUT2D eigenvalue weighted by Crippen LogP contribution is 2.31. The van der Waals surface area contributed by atoms with Gasteiger partial charge in [0.2, 0.25) is 5.95 Å². The number of unbranched alkanes of at least 4 members (excludes halogenated alkanes) is 2. The van der Waals surface area contributed by atoms with Crippen LogP contribution < -0.4 is 10.2 Å². The Balaban J connectivity index is 1.82. The number of aromatic nitrogens is 2. The summed E-state index contributed by atoms with van der Waals surface area (Å²) in [6.45, 7) is 6.22. The summed E-state index contributed by atoms with van der Waals surface area (Å²) in [6.07, 6.45) is 5.96. The first-order valence-corrected chi connectivity index (χ1v) is 8.73. The molecule has 0 unspecified atom stereocenters. The summed E-state index contributed by atoms with van der Waals surface area (Å²) < 4.78 is 0. The Morgan fingerprint density at radius 1 is 1.17 bits per heavy atom. The van der Waals surface area contributed by atoms with Crippen LogP contribution in [0.2, 0.25) is 0 Å². The van der Waals surface area contributed by atoms with Crippen molar-refractivity contribution in [1.29, 1.82) is 0 Å². The van der Waals surface area contributed by atoms with Gasteiger partial charge < -0.3 is 10.2 Å². The molecule has 122 valence electrons. The SMILES string of the molecule is CCCCCNc1cc(C)nc(N2CCCc3ccccc32)n1. The number of benzene rings is 1. The molecule has 4 nitrogen and oxygen atoms in total. The van der Waals surface area contributed by atoms with E-state index in [0.717, 1.165) is 43.4 Å². The van der Waals surface area contributed by atoms with Gasteiger partial charge >= 0.3 is 0 Å². The molecule has 0 spiro atoms. The van der Waals surface area contributed by atoms with Gasteiger partial charge in [-0.3, -0.25) is 0 Å². The van der Waals surface area contributed by atoms with Crippen LogP contribution in [0.15, 0.2) is 30.3 Å². The van der Waals surface area contributed by atoms with Crippen molar-refractivity contribution in [1.82, 2.24) is 9.97 Å². The van der Waals surface area contributed by atoms with Gasteiger partial charge in [0.1, 0.15) is 5.82 Å². The molecule has 1 aliphatic heterocycles. The highest BCUT2D eigenvalue weighted by Gasteiger charge is 2.20.